The lowest BCUT2D eigenvalue weighted by molar-refractivity contribution is 0.102. The number of aromatic amines is 1. The van der Waals surface area contributed by atoms with Crippen molar-refractivity contribution in [2.24, 2.45) is 0 Å². The third-order valence-corrected chi connectivity index (χ3v) is 6.88. The average Bonchev–Trinajstić information content (AvgIpc) is 3.23. The first-order valence-electron chi connectivity index (χ1n) is 9.61. The van der Waals surface area contributed by atoms with E-state index in [2.05, 4.69) is 15.3 Å². The number of nitrogens with one attached hydrogen (secondary N) is 3. The van der Waals surface area contributed by atoms with Crippen LogP contribution in [0, 0.1) is 17.5 Å². The van der Waals surface area contributed by atoms with Gasteiger partial charge in [0.15, 0.2) is 5.03 Å². The molecule has 7 nitrogen and oxygen atoms in total. The van der Waals surface area contributed by atoms with Gasteiger partial charge in [-0.25, -0.2) is 18.4 Å². The molecule has 0 fully saturated rings. The topological polar surface area (TPSA) is 125 Å². The summed E-state index contributed by atoms with van der Waals surface area (Å²) in [6.07, 6.45) is 1.39. The molecule has 4 aromatic rings. The highest BCUT2D eigenvalue weighted by Crippen LogP contribution is 2.28. The third-order valence-electron chi connectivity index (χ3n) is 4.98. The zero-order chi connectivity index (χ0) is 22.9. The van der Waals surface area contributed by atoms with E-state index in [1.807, 2.05) is 0 Å². The molecule has 0 bridgehead atoms. The Morgan fingerprint density at radius 2 is 1.72 bits per heavy atom. The lowest BCUT2D eigenvalue weighted by atomic mass is 10.0. The van der Waals surface area contributed by atoms with E-state index >= 15 is 0 Å². The van der Waals surface area contributed by atoms with Gasteiger partial charge in [0.25, 0.3) is 5.91 Å². The Hall–Kier alpha value is -3.98. The number of aryl methyl sites for hydroxylation is 1. The number of halogens is 1. The molecule has 0 saturated carbocycles. The summed E-state index contributed by atoms with van der Waals surface area (Å²) in [6, 6.07) is 17.1. The number of aromatic nitrogens is 2. The van der Waals surface area contributed by atoms with E-state index in [0.717, 1.165) is 11.1 Å². The molecule has 4 rings (SSSR count). The summed E-state index contributed by atoms with van der Waals surface area (Å²) < 4.78 is 34.4. The zero-order valence-corrected chi connectivity index (χ0v) is 17.9. The van der Waals surface area contributed by atoms with Gasteiger partial charge in [0.05, 0.1) is 22.6 Å². The van der Waals surface area contributed by atoms with Crippen LogP contribution in [-0.4, -0.2) is 20.1 Å². The van der Waals surface area contributed by atoms with Crippen LogP contribution in [0.4, 0.5) is 15.8 Å². The van der Waals surface area contributed by atoms with Gasteiger partial charge in [-0.15, -0.1) is 0 Å². The zero-order valence-electron chi connectivity index (χ0n) is 17.1. The van der Waals surface area contributed by atoms with Gasteiger partial charge in [0.2, 0.25) is 0 Å². The van der Waals surface area contributed by atoms with Crippen LogP contribution in [0.15, 0.2) is 83.0 Å². The molecule has 1 unspecified atom stereocenters. The molecule has 3 aromatic carbocycles. The number of carbonyl (C=O) groups excluding carboxylic acids is 1. The molecule has 32 heavy (non-hydrogen) atoms. The normalized spacial score (nSPS) is 12.8. The quantitative estimate of drug-likeness (QED) is 0.326. The first-order chi connectivity index (χ1) is 15.3. The summed E-state index contributed by atoms with van der Waals surface area (Å²) in [5.74, 6) is -0.743. The molecule has 0 aliphatic heterocycles. The molecule has 0 aliphatic carbocycles. The summed E-state index contributed by atoms with van der Waals surface area (Å²) in [7, 11) is -3.29. The largest absolute Gasteiger partial charge is 0.397 e. The molecule has 0 aliphatic rings. The number of nitrogens with two attached hydrogens (primary N) is 1. The minimum absolute atomic E-state index is 0.167. The highest BCUT2D eigenvalue weighted by Gasteiger charge is 2.19. The van der Waals surface area contributed by atoms with E-state index < -0.39 is 15.6 Å². The van der Waals surface area contributed by atoms with Gasteiger partial charge in [0.1, 0.15) is 15.5 Å². The van der Waals surface area contributed by atoms with E-state index in [4.69, 9.17) is 10.5 Å². The summed E-state index contributed by atoms with van der Waals surface area (Å²) in [6.45, 7) is 1.70. The van der Waals surface area contributed by atoms with Gasteiger partial charge < -0.3 is 16.0 Å². The molecule has 0 spiro atoms. The van der Waals surface area contributed by atoms with Crippen LogP contribution < -0.4 is 11.1 Å². The van der Waals surface area contributed by atoms with Gasteiger partial charge >= 0.3 is 0 Å². The van der Waals surface area contributed by atoms with Crippen molar-refractivity contribution in [1.82, 2.24) is 9.97 Å². The molecular formula is C23H20FN5O2S. The van der Waals surface area contributed by atoms with Gasteiger partial charge in [-0.1, -0.05) is 18.2 Å². The van der Waals surface area contributed by atoms with E-state index in [1.54, 1.807) is 37.3 Å². The molecule has 1 atom stereocenters. The van der Waals surface area contributed by atoms with Crippen molar-refractivity contribution in [1.29, 1.82) is 4.78 Å². The Balaban J connectivity index is 1.56. The van der Waals surface area contributed by atoms with Crippen LogP contribution in [-0.2, 0) is 9.73 Å². The van der Waals surface area contributed by atoms with Crippen molar-refractivity contribution in [2.75, 3.05) is 11.1 Å². The van der Waals surface area contributed by atoms with Crippen molar-refractivity contribution in [3.05, 3.63) is 90.1 Å². The number of amides is 1. The van der Waals surface area contributed by atoms with Crippen molar-refractivity contribution in [2.45, 2.75) is 16.8 Å². The van der Waals surface area contributed by atoms with Crippen molar-refractivity contribution >= 4 is 27.0 Å². The highest BCUT2D eigenvalue weighted by molar-refractivity contribution is 7.92. The average molecular weight is 450 g/mol. The van der Waals surface area contributed by atoms with Crippen molar-refractivity contribution in [3.8, 4) is 11.1 Å². The number of rotatable bonds is 5. The summed E-state index contributed by atoms with van der Waals surface area (Å²) >= 11 is 0. The minimum Gasteiger partial charge on any atom is -0.397 e. The number of carbonyl (C=O) groups is 1. The predicted molar refractivity (Wildman–Crippen MR) is 121 cm³/mol. The lowest BCUT2D eigenvalue weighted by Gasteiger charge is -2.12. The van der Waals surface area contributed by atoms with E-state index in [9.17, 15) is 13.4 Å². The Labute approximate surface area is 184 Å². The summed E-state index contributed by atoms with van der Waals surface area (Å²) in [5, 5.41) is 2.94. The SMILES string of the molecule is Cc1[nH]cnc1S(=N)(=O)c1ccc(C(=O)Nc2cc(-c3ccc(F)cc3)ccc2N)cc1. The summed E-state index contributed by atoms with van der Waals surface area (Å²) in [4.78, 5) is 19.8. The number of hydrogen-bond acceptors (Lipinski definition) is 5. The lowest BCUT2D eigenvalue weighted by Crippen LogP contribution is -2.13. The second-order valence-electron chi connectivity index (χ2n) is 7.18. The van der Waals surface area contributed by atoms with Crippen molar-refractivity contribution in [3.63, 3.8) is 0 Å². The molecule has 1 amide bonds. The highest BCUT2D eigenvalue weighted by atomic mass is 32.2. The Morgan fingerprint density at radius 3 is 2.34 bits per heavy atom. The fourth-order valence-electron chi connectivity index (χ4n) is 3.23. The maximum atomic E-state index is 13.2. The maximum absolute atomic E-state index is 13.2. The monoisotopic (exact) mass is 449 g/mol. The van der Waals surface area contributed by atoms with E-state index in [-0.39, 0.29) is 15.7 Å². The standard InChI is InChI=1S/C23H20FN5O2S/c1-14-23(28-13-27-14)32(26,31)19-9-4-16(5-10-19)22(30)29-21-12-17(6-11-20(21)25)15-2-7-18(24)8-3-15/h2-13,26H,25H2,1H3,(H,27,28)(H,29,30). The molecule has 1 heterocycles. The molecule has 0 radical (unpaired) electrons. The number of imidazole rings is 1. The number of H-pyrrole nitrogens is 1. The second kappa shape index (κ2) is 8.27. The number of hydrogen-bond donors (Lipinski definition) is 4. The van der Waals surface area contributed by atoms with Gasteiger partial charge in [-0.2, -0.15) is 0 Å². The number of nitrogens with zero attached hydrogens (tertiary/aromatic N) is 1. The number of anilines is 2. The van der Waals surface area contributed by atoms with E-state index in [1.165, 1.54) is 42.7 Å². The van der Waals surface area contributed by atoms with Crippen LogP contribution in [0.5, 0.6) is 0 Å². The van der Waals surface area contributed by atoms with Crippen molar-refractivity contribution < 1.29 is 13.4 Å². The molecule has 1 aromatic heterocycles. The second-order valence-corrected chi connectivity index (χ2v) is 9.15. The van der Waals surface area contributed by atoms with E-state index in [0.29, 0.717) is 22.6 Å². The Bertz CT molecular complexity index is 1400. The van der Waals surface area contributed by atoms with Crippen LogP contribution >= 0.6 is 0 Å². The van der Waals surface area contributed by atoms with Crippen LogP contribution in [0.2, 0.25) is 0 Å². The Kier molecular flexibility index (Phi) is 5.50. The minimum atomic E-state index is -3.29. The van der Waals surface area contributed by atoms with Gasteiger partial charge in [-0.3, -0.25) is 4.79 Å². The molecule has 0 saturated heterocycles. The molecule has 9 heteroatoms. The summed E-state index contributed by atoms with van der Waals surface area (Å²) in [5.41, 5.74) is 9.24. The first-order valence-corrected chi connectivity index (χ1v) is 11.2. The maximum Gasteiger partial charge on any atom is 0.255 e. The Morgan fingerprint density at radius 1 is 1.06 bits per heavy atom. The fraction of sp³-hybridized carbons (Fsp3) is 0.0435. The van der Waals surface area contributed by atoms with Crippen LogP contribution in [0.3, 0.4) is 0 Å². The number of nitrogen functional groups attached to an aromatic ring is 1. The molecular weight excluding hydrogens is 429 g/mol. The molecule has 162 valence electrons. The third kappa shape index (κ3) is 4.10. The number of benzene rings is 3. The first kappa shape index (κ1) is 21.3. The smallest absolute Gasteiger partial charge is 0.255 e. The van der Waals surface area contributed by atoms with Crippen LogP contribution in [0.1, 0.15) is 16.1 Å². The van der Waals surface area contributed by atoms with Crippen LogP contribution in [0.25, 0.3) is 11.1 Å². The predicted octanol–water partition coefficient (Wildman–Crippen LogP) is 4.82. The van der Waals surface area contributed by atoms with Gasteiger partial charge in [0, 0.05) is 11.3 Å². The molecule has 5 N–H and O–H groups in total. The fourth-order valence-corrected chi connectivity index (χ4v) is 4.66. The van der Waals surface area contributed by atoms with Gasteiger partial charge in [-0.05, 0) is 66.6 Å².